The van der Waals surface area contributed by atoms with Gasteiger partial charge in [-0.1, -0.05) is 11.6 Å². The molecule has 0 bridgehead atoms. The Morgan fingerprint density at radius 2 is 2.40 bits per heavy atom. The number of nitrogens with two attached hydrogens (primary N) is 1. The molecule has 1 saturated heterocycles. The van der Waals surface area contributed by atoms with E-state index in [2.05, 4.69) is 27.6 Å². The van der Waals surface area contributed by atoms with Gasteiger partial charge in [-0.3, -0.25) is 9.69 Å². The Kier molecular flexibility index (Phi) is 3.13. The Hall–Kier alpha value is -0.400. The minimum Gasteiger partial charge on any atom is -0.326 e. The second-order valence-electron chi connectivity index (χ2n) is 3.43. The van der Waals surface area contributed by atoms with Crippen LogP contribution in [0, 0.1) is 3.57 Å². The number of halogens is 2. The van der Waals surface area contributed by atoms with Crippen LogP contribution >= 0.6 is 34.2 Å². The summed E-state index contributed by atoms with van der Waals surface area (Å²) < 4.78 is 0.863. The maximum atomic E-state index is 11.6. The molecule has 0 saturated carbocycles. The van der Waals surface area contributed by atoms with Crippen molar-refractivity contribution >= 4 is 45.9 Å². The van der Waals surface area contributed by atoms with Gasteiger partial charge in [-0.05, 0) is 28.7 Å². The molecule has 1 atom stereocenters. The van der Waals surface area contributed by atoms with Gasteiger partial charge in [0.25, 0.3) is 0 Å². The molecule has 1 amide bonds. The number of rotatable bonds is 1. The van der Waals surface area contributed by atoms with Crippen LogP contribution in [0.15, 0.2) is 12.3 Å². The molecular formula is C9H9ClIN3O. The molecule has 1 aromatic heterocycles. The first kappa shape index (κ1) is 11.1. The van der Waals surface area contributed by atoms with E-state index in [0.29, 0.717) is 23.8 Å². The topological polar surface area (TPSA) is 59.2 Å². The summed E-state index contributed by atoms with van der Waals surface area (Å²) in [5.41, 5.74) is 5.71. The summed E-state index contributed by atoms with van der Waals surface area (Å²) in [5.74, 6) is 0.674. The molecule has 1 fully saturated rings. The standard InChI is InChI=1S/C9H9ClIN3O/c10-5-1-7(11)9(13-3-5)14-4-6(12)2-8(14)15/h1,3,6H,2,4,12H2. The third-order valence-electron chi connectivity index (χ3n) is 2.20. The van der Waals surface area contributed by atoms with Crippen molar-refractivity contribution in [3.05, 3.63) is 20.9 Å². The predicted molar refractivity (Wildman–Crippen MR) is 66.9 cm³/mol. The molecule has 6 heteroatoms. The molecule has 2 heterocycles. The normalized spacial score (nSPS) is 21.1. The van der Waals surface area contributed by atoms with Crippen molar-refractivity contribution in [2.24, 2.45) is 5.73 Å². The van der Waals surface area contributed by atoms with Gasteiger partial charge in [-0.2, -0.15) is 0 Å². The lowest BCUT2D eigenvalue weighted by Crippen LogP contribution is -2.29. The molecule has 2 rings (SSSR count). The fourth-order valence-corrected chi connectivity index (χ4v) is 2.65. The van der Waals surface area contributed by atoms with E-state index < -0.39 is 0 Å². The van der Waals surface area contributed by atoms with Crippen molar-refractivity contribution < 1.29 is 4.79 Å². The summed E-state index contributed by atoms with van der Waals surface area (Å²) in [5, 5.41) is 0.569. The van der Waals surface area contributed by atoms with Crippen molar-refractivity contribution in [1.29, 1.82) is 0 Å². The van der Waals surface area contributed by atoms with Crippen LogP contribution < -0.4 is 10.6 Å². The van der Waals surface area contributed by atoms with Gasteiger partial charge in [0.15, 0.2) is 0 Å². The number of aromatic nitrogens is 1. The summed E-state index contributed by atoms with van der Waals surface area (Å²) >= 11 is 7.90. The van der Waals surface area contributed by atoms with Gasteiger partial charge in [-0.25, -0.2) is 4.98 Å². The van der Waals surface area contributed by atoms with Gasteiger partial charge < -0.3 is 5.73 Å². The highest BCUT2D eigenvalue weighted by Crippen LogP contribution is 2.26. The minimum absolute atomic E-state index is 0.0234. The largest absolute Gasteiger partial charge is 0.326 e. The lowest BCUT2D eigenvalue weighted by atomic mass is 10.3. The van der Waals surface area contributed by atoms with Crippen molar-refractivity contribution in [3.63, 3.8) is 0 Å². The first-order valence-electron chi connectivity index (χ1n) is 4.45. The number of carbonyl (C=O) groups is 1. The molecule has 2 N–H and O–H groups in total. The number of anilines is 1. The van der Waals surface area contributed by atoms with Crippen molar-refractivity contribution in [3.8, 4) is 0 Å². The van der Waals surface area contributed by atoms with Crippen LogP contribution in [0.2, 0.25) is 5.02 Å². The van der Waals surface area contributed by atoms with Gasteiger partial charge in [0, 0.05) is 25.2 Å². The third kappa shape index (κ3) is 2.24. The zero-order chi connectivity index (χ0) is 11.0. The van der Waals surface area contributed by atoms with Crippen molar-refractivity contribution in [2.75, 3.05) is 11.4 Å². The molecule has 1 aliphatic rings. The summed E-state index contributed by atoms with van der Waals surface area (Å²) in [6, 6.07) is 1.69. The highest BCUT2D eigenvalue weighted by molar-refractivity contribution is 14.1. The highest BCUT2D eigenvalue weighted by Gasteiger charge is 2.30. The number of amides is 1. The van der Waals surface area contributed by atoms with E-state index in [1.165, 1.54) is 6.20 Å². The van der Waals surface area contributed by atoms with Gasteiger partial charge in [0.1, 0.15) is 5.82 Å². The summed E-state index contributed by atoms with van der Waals surface area (Å²) in [6.45, 7) is 0.531. The van der Waals surface area contributed by atoms with E-state index in [0.717, 1.165) is 3.57 Å². The molecule has 15 heavy (non-hydrogen) atoms. The molecule has 1 aromatic rings. The second-order valence-corrected chi connectivity index (χ2v) is 5.03. The van der Waals surface area contributed by atoms with Gasteiger partial charge in [0.05, 0.1) is 8.59 Å². The van der Waals surface area contributed by atoms with Crippen LogP contribution in [0.5, 0.6) is 0 Å². The summed E-state index contributed by atoms with van der Waals surface area (Å²) in [4.78, 5) is 17.4. The lowest BCUT2D eigenvalue weighted by Gasteiger charge is -2.16. The molecule has 1 aliphatic heterocycles. The average Bonchev–Trinajstić information content (AvgIpc) is 2.45. The molecule has 0 spiro atoms. The van der Waals surface area contributed by atoms with Crippen LogP contribution in [-0.4, -0.2) is 23.5 Å². The predicted octanol–water partition coefficient (Wildman–Crippen LogP) is 1.40. The third-order valence-corrected chi connectivity index (χ3v) is 3.20. The molecule has 0 aliphatic carbocycles. The zero-order valence-electron chi connectivity index (χ0n) is 7.78. The van der Waals surface area contributed by atoms with Crippen molar-refractivity contribution in [1.82, 2.24) is 4.98 Å². The van der Waals surface area contributed by atoms with Gasteiger partial charge >= 0.3 is 0 Å². The highest BCUT2D eigenvalue weighted by atomic mass is 127. The van der Waals surface area contributed by atoms with E-state index in [-0.39, 0.29) is 11.9 Å². The van der Waals surface area contributed by atoms with Crippen LogP contribution in [0.4, 0.5) is 5.82 Å². The molecular weight excluding hydrogens is 328 g/mol. The minimum atomic E-state index is -0.0919. The first-order chi connectivity index (χ1) is 7.08. The maximum absolute atomic E-state index is 11.6. The molecule has 80 valence electrons. The van der Waals surface area contributed by atoms with Crippen LogP contribution in [-0.2, 0) is 4.79 Å². The average molecular weight is 338 g/mol. The smallest absolute Gasteiger partial charge is 0.229 e. The monoisotopic (exact) mass is 337 g/mol. The number of hydrogen-bond donors (Lipinski definition) is 1. The second kappa shape index (κ2) is 4.23. The quantitative estimate of drug-likeness (QED) is 0.788. The van der Waals surface area contributed by atoms with Gasteiger partial charge in [0.2, 0.25) is 5.91 Å². The van der Waals surface area contributed by atoms with Crippen molar-refractivity contribution in [2.45, 2.75) is 12.5 Å². The maximum Gasteiger partial charge on any atom is 0.229 e. The number of pyridine rings is 1. The number of nitrogens with zero attached hydrogens (tertiary/aromatic N) is 2. The van der Waals surface area contributed by atoms with E-state index in [1.807, 2.05) is 0 Å². The lowest BCUT2D eigenvalue weighted by molar-refractivity contribution is -0.117. The molecule has 1 unspecified atom stereocenters. The molecule has 4 nitrogen and oxygen atoms in total. The van der Waals surface area contributed by atoms with Crippen LogP contribution in [0.25, 0.3) is 0 Å². The molecule has 0 aromatic carbocycles. The number of carbonyl (C=O) groups excluding carboxylic acids is 1. The van der Waals surface area contributed by atoms with E-state index in [9.17, 15) is 4.79 Å². The van der Waals surface area contributed by atoms with E-state index >= 15 is 0 Å². The SMILES string of the molecule is NC1CC(=O)N(c2ncc(Cl)cc2I)C1. The van der Waals surface area contributed by atoms with Crippen LogP contribution in [0.1, 0.15) is 6.42 Å². The summed E-state index contributed by atoms with van der Waals surface area (Å²) in [7, 11) is 0. The Balaban J connectivity index is 2.34. The summed E-state index contributed by atoms with van der Waals surface area (Å²) in [6.07, 6.45) is 1.93. The Morgan fingerprint density at radius 3 is 2.93 bits per heavy atom. The van der Waals surface area contributed by atoms with E-state index in [1.54, 1.807) is 11.0 Å². The first-order valence-corrected chi connectivity index (χ1v) is 5.90. The van der Waals surface area contributed by atoms with Gasteiger partial charge in [-0.15, -0.1) is 0 Å². The molecule has 0 radical (unpaired) electrons. The van der Waals surface area contributed by atoms with Crippen LogP contribution in [0.3, 0.4) is 0 Å². The Bertz CT molecular complexity index is 412. The fourth-order valence-electron chi connectivity index (χ4n) is 1.55. The Labute approximate surface area is 106 Å². The number of hydrogen-bond acceptors (Lipinski definition) is 3. The zero-order valence-corrected chi connectivity index (χ0v) is 10.7. The van der Waals surface area contributed by atoms with E-state index in [4.69, 9.17) is 17.3 Å². The fraction of sp³-hybridized carbons (Fsp3) is 0.333. The Morgan fingerprint density at radius 1 is 1.67 bits per heavy atom.